The van der Waals surface area contributed by atoms with Gasteiger partial charge in [-0.1, -0.05) is 25.1 Å². The third-order valence-corrected chi connectivity index (χ3v) is 4.40. The number of ether oxygens (including phenoxy) is 1. The Balaban J connectivity index is 1.53. The molecule has 4 aromatic rings. The number of furan rings is 1. The van der Waals surface area contributed by atoms with Crippen molar-refractivity contribution in [3.8, 4) is 5.75 Å². The Kier molecular flexibility index (Phi) is 4.50. The number of fused-ring (bicyclic) bond motifs is 3. The summed E-state index contributed by atoms with van der Waals surface area (Å²) in [6, 6.07) is 19.0. The van der Waals surface area contributed by atoms with Crippen LogP contribution in [0.1, 0.15) is 13.3 Å². The lowest BCUT2D eigenvalue weighted by atomic mass is 10.1. The van der Waals surface area contributed by atoms with Crippen LogP contribution in [0.15, 0.2) is 71.1 Å². The van der Waals surface area contributed by atoms with Gasteiger partial charge in [0.2, 0.25) is 0 Å². The maximum Gasteiger partial charge on any atom is 0.265 e. The van der Waals surface area contributed by atoms with E-state index in [2.05, 4.69) is 5.32 Å². The number of hydrogen-bond donors (Lipinski definition) is 1. The fourth-order valence-corrected chi connectivity index (χ4v) is 3.03. The highest BCUT2D eigenvalue weighted by molar-refractivity contribution is 6.06. The fourth-order valence-electron chi connectivity index (χ4n) is 3.03. The van der Waals surface area contributed by atoms with Gasteiger partial charge in [0.25, 0.3) is 5.91 Å². The number of carbonyl (C=O) groups excluding carboxylic acids is 1. The van der Waals surface area contributed by atoms with Gasteiger partial charge in [0.1, 0.15) is 22.7 Å². The molecule has 0 radical (unpaired) electrons. The van der Waals surface area contributed by atoms with Crippen LogP contribution in [0, 0.1) is 5.82 Å². The lowest BCUT2D eigenvalue weighted by Crippen LogP contribution is -2.32. The van der Waals surface area contributed by atoms with E-state index < -0.39 is 6.10 Å². The van der Waals surface area contributed by atoms with Gasteiger partial charge >= 0.3 is 0 Å². The van der Waals surface area contributed by atoms with E-state index in [-0.39, 0.29) is 11.7 Å². The van der Waals surface area contributed by atoms with Gasteiger partial charge in [0, 0.05) is 22.5 Å². The number of halogens is 1. The molecule has 3 aromatic carbocycles. The minimum absolute atomic E-state index is 0.266. The Bertz CT molecular complexity index is 1100. The van der Waals surface area contributed by atoms with Crippen molar-refractivity contribution < 1.29 is 18.3 Å². The quantitative estimate of drug-likeness (QED) is 0.508. The topological polar surface area (TPSA) is 51.5 Å². The van der Waals surface area contributed by atoms with Crippen LogP contribution in [0.5, 0.6) is 5.75 Å². The normalized spacial score (nSPS) is 12.2. The summed E-state index contributed by atoms with van der Waals surface area (Å²) >= 11 is 0. The van der Waals surface area contributed by atoms with Crippen LogP contribution in [0.25, 0.3) is 21.9 Å². The van der Waals surface area contributed by atoms with Crippen LogP contribution in [0.3, 0.4) is 0 Å². The third kappa shape index (κ3) is 3.49. The zero-order chi connectivity index (χ0) is 18.8. The van der Waals surface area contributed by atoms with Crippen LogP contribution < -0.4 is 10.1 Å². The van der Waals surface area contributed by atoms with Gasteiger partial charge < -0.3 is 14.5 Å². The predicted octanol–water partition coefficient (Wildman–Crippen LogP) is 5.52. The van der Waals surface area contributed by atoms with Crippen molar-refractivity contribution in [2.24, 2.45) is 0 Å². The molecule has 1 amide bonds. The molecule has 0 spiro atoms. The van der Waals surface area contributed by atoms with E-state index in [1.807, 2.05) is 43.3 Å². The highest BCUT2D eigenvalue weighted by atomic mass is 19.1. The molecule has 27 heavy (non-hydrogen) atoms. The zero-order valence-corrected chi connectivity index (χ0v) is 14.7. The first-order chi connectivity index (χ1) is 13.1. The van der Waals surface area contributed by atoms with Crippen molar-refractivity contribution in [2.75, 3.05) is 5.32 Å². The molecular formula is C22H18FNO3. The second-order valence-corrected chi connectivity index (χ2v) is 6.27. The first-order valence-corrected chi connectivity index (χ1v) is 8.78. The number of benzene rings is 3. The number of nitrogens with one attached hydrogen (secondary N) is 1. The molecule has 1 atom stereocenters. The molecular weight excluding hydrogens is 345 g/mol. The monoisotopic (exact) mass is 363 g/mol. The number of hydrogen-bond acceptors (Lipinski definition) is 3. The van der Waals surface area contributed by atoms with E-state index in [0.29, 0.717) is 23.4 Å². The molecule has 0 unspecified atom stereocenters. The number of anilines is 1. The molecule has 1 heterocycles. The summed E-state index contributed by atoms with van der Waals surface area (Å²) in [4.78, 5) is 12.6. The van der Waals surface area contributed by atoms with E-state index in [1.165, 1.54) is 24.3 Å². The van der Waals surface area contributed by atoms with E-state index >= 15 is 0 Å². The van der Waals surface area contributed by atoms with E-state index in [1.54, 1.807) is 6.07 Å². The number of para-hydroxylation sites is 1. The maximum atomic E-state index is 13.0. The Morgan fingerprint density at radius 3 is 2.56 bits per heavy atom. The summed E-state index contributed by atoms with van der Waals surface area (Å²) in [7, 11) is 0. The van der Waals surface area contributed by atoms with Gasteiger partial charge in [-0.25, -0.2) is 4.39 Å². The smallest absolute Gasteiger partial charge is 0.265 e. The second kappa shape index (κ2) is 7.11. The minimum atomic E-state index is -0.679. The second-order valence-electron chi connectivity index (χ2n) is 6.27. The Morgan fingerprint density at radius 2 is 1.78 bits per heavy atom. The minimum Gasteiger partial charge on any atom is -0.481 e. The molecule has 0 aliphatic rings. The van der Waals surface area contributed by atoms with Crippen LogP contribution in [-0.4, -0.2) is 12.0 Å². The van der Waals surface area contributed by atoms with Crippen LogP contribution in [-0.2, 0) is 4.79 Å². The van der Waals surface area contributed by atoms with Crippen molar-refractivity contribution in [1.82, 2.24) is 0 Å². The molecule has 1 aromatic heterocycles. The van der Waals surface area contributed by atoms with Crippen molar-refractivity contribution >= 4 is 33.5 Å². The SMILES string of the molecule is CC[C@@H](Oc1ccc(F)cc1)C(=O)Nc1ccc2c(c1)oc1ccccc12. The average molecular weight is 363 g/mol. The van der Waals surface area contributed by atoms with E-state index in [0.717, 1.165) is 16.4 Å². The first kappa shape index (κ1) is 17.1. The summed E-state index contributed by atoms with van der Waals surface area (Å²) in [5, 5.41) is 4.90. The molecule has 4 rings (SSSR count). The highest BCUT2D eigenvalue weighted by Crippen LogP contribution is 2.30. The van der Waals surface area contributed by atoms with Crippen molar-refractivity contribution in [1.29, 1.82) is 0 Å². The van der Waals surface area contributed by atoms with Gasteiger partial charge in [-0.15, -0.1) is 0 Å². The van der Waals surface area contributed by atoms with E-state index in [9.17, 15) is 9.18 Å². The number of carbonyl (C=O) groups is 1. The summed E-state index contributed by atoms with van der Waals surface area (Å²) in [5.41, 5.74) is 2.15. The average Bonchev–Trinajstić information content (AvgIpc) is 3.05. The highest BCUT2D eigenvalue weighted by Gasteiger charge is 2.19. The number of amides is 1. The molecule has 0 saturated heterocycles. The first-order valence-electron chi connectivity index (χ1n) is 8.78. The standard InChI is InChI=1S/C22H18FNO3/c1-2-19(26-16-10-7-14(23)8-11-16)22(25)24-15-9-12-18-17-5-3-4-6-20(17)27-21(18)13-15/h3-13,19H,2H2,1H3,(H,24,25)/t19-/m1/s1. The molecule has 0 bridgehead atoms. The van der Waals surface area contributed by atoms with Crippen molar-refractivity contribution in [2.45, 2.75) is 19.4 Å². The fraction of sp³-hybridized carbons (Fsp3) is 0.136. The molecule has 136 valence electrons. The van der Waals surface area contributed by atoms with Gasteiger partial charge in [-0.3, -0.25) is 4.79 Å². The molecule has 0 saturated carbocycles. The van der Waals surface area contributed by atoms with Gasteiger partial charge in [-0.2, -0.15) is 0 Å². The van der Waals surface area contributed by atoms with Crippen molar-refractivity contribution in [3.05, 3.63) is 72.5 Å². The summed E-state index contributed by atoms with van der Waals surface area (Å²) in [5.74, 6) is -0.164. The lowest BCUT2D eigenvalue weighted by Gasteiger charge is -2.17. The summed E-state index contributed by atoms with van der Waals surface area (Å²) < 4.78 is 24.5. The molecule has 1 N–H and O–H groups in total. The largest absolute Gasteiger partial charge is 0.481 e. The van der Waals surface area contributed by atoms with Crippen LogP contribution >= 0.6 is 0 Å². The Hall–Kier alpha value is -3.34. The van der Waals surface area contributed by atoms with Crippen LogP contribution in [0.2, 0.25) is 0 Å². The molecule has 4 nitrogen and oxygen atoms in total. The summed E-state index contributed by atoms with van der Waals surface area (Å²) in [6.07, 6.45) is -0.197. The molecule has 0 aliphatic carbocycles. The number of rotatable bonds is 5. The molecule has 5 heteroatoms. The maximum absolute atomic E-state index is 13.0. The molecule has 0 aliphatic heterocycles. The predicted molar refractivity (Wildman–Crippen MR) is 103 cm³/mol. The zero-order valence-electron chi connectivity index (χ0n) is 14.7. The van der Waals surface area contributed by atoms with Gasteiger partial charge in [0.05, 0.1) is 0 Å². The van der Waals surface area contributed by atoms with Gasteiger partial charge in [0.15, 0.2) is 6.10 Å². The van der Waals surface area contributed by atoms with Crippen LogP contribution in [0.4, 0.5) is 10.1 Å². The Labute approximate surface area is 155 Å². The molecule has 0 fully saturated rings. The summed E-state index contributed by atoms with van der Waals surface area (Å²) in [6.45, 7) is 1.86. The lowest BCUT2D eigenvalue weighted by molar-refractivity contribution is -0.122. The van der Waals surface area contributed by atoms with Gasteiger partial charge in [-0.05, 0) is 48.9 Å². The van der Waals surface area contributed by atoms with Crippen molar-refractivity contribution in [3.63, 3.8) is 0 Å². The van der Waals surface area contributed by atoms with E-state index in [4.69, 9.17) is 9.15 Å². The third-order valence-electron chi connectivity index (χ3n) is 4.40. The Morgan fingerprint density at radius 1 is 1.04 bits per heavy atom.